The smallest absolute Gasteiger partial charge is 0.199 e. The minimum Gasteiger partial charge on any atom is -0.379 e. The van der Waals surface area contributed by atoms with Crippen molar-refractivity contribution in [3.63, 3.8) is 0 Å². The van der Waals surface area contributed by atoms with Gasteiger partial charge in [-0.2, -0.15) is 5.10 Å². The summed E-state index contributed by atoms with van der Waals surface area (Å²) in [5, 5.41) is 5.44. The third-order valence-corrected chi connectivity index (χ3v) is 4.46. The molecule has 1 aromatic heterocycles. The van der Waals surface area contributed by atoms with E-state index in [1.165, 1.54) is 0 Å². The minimum atomic E-state index is 0.704. The normalized spacial score (nSPS) is 16.1. The number of rotatable bonds is 4. The maximum atomic E-state index is 5.97. The van der Waals surface area contributed by atoms with E-state index >= 15 is 0 Å². The van der Waals surface area contributed by atoms with Crippen LogP contribution in [-0.2, 0) is 18.0 Å². The van der Waals surface area contributed by atoms with Crippen molar-refractivity contribution >= 4 is 23.8 Å². The van der Waals surface area contributed by atoms with Gasteiger partial charge in [0, 0.05) is 30.2 Å². The average Bonchev–Trinajstić information content (AvgIpc) is 2.85. The zero-order valence-corrected chi connectivity index (χ0v) is 14.1. The lowest BCUT2D eigenvalue weighted by atomic mass is 10.2. The molecule has 2 aromatic rings. The monoisotopic (exact) mass is 338 g/mol. The van der Waals surface area contributed by atoms with Gasteiger partial charge in [0.2, 0.25) is 0 Å². The van der Waals surface area contributed by atoms with E-state index in [-0.39, 0.29) is 0 Å². The number of halogens is 1. The van der Waals surface area contributed by atoms with Crippen LogP contribution < -0.4 is 0 Å². The highest BCUT2D eigenvalue weighted by atomic mass is 35.5. The molecule has 3 rings (SSSR count). The Hall–Kier alpha value is -1.21. The lowest BCUT2D eigenvalue weighted by Crippen LogP contribution is -2.37. The fourth-order valence-corrected chi connectivity index (χ4v) is 3.00. The standard InChI is InChI=1S/C15H19ClN4OS/c1-2-19-14(12-3-5-13(16)6-4-12)17-20(15(19)22)11-18-7-9-21-10-8-18/h3-6H,2,7-11H2,1H3. The number of ether oxygens (including phenoxy) is 1. The van der Waals surface area contributed by atoms with Crippen LogP contribution in [0.3, 0.4) is 0 Å². The Morgan fingerprint density at radius 3 is 2.55 bits per heavy atom. The maximum Gasteiger partial charge on any atom is 0.199 e. The zero-order valence-electron chi connectivity index (χ0n) is 12.5. The van der Waals surface area contributed by atoms with Crippen molar-refractivity contribution in [3.05, 3.63) is 34.1 Å². The van der Waals surface area contributed by atoms with E-state index in [0.29, 0.717) is 6.67 Å². The van der Waals surface area contributed by atoms with Gasteiger partial charge in [-0.3, -0.25) is 4.90 Å². The summed E-state index contributed by atoms with van der Waals surface area (Å²) in [6, 6.07) is 7.71. The Balaban J connectivity index is 1.92. The molecule has 118 valence electrons. The van der Waals surface area contributed by atoms with Gasteiger partial charge in [-0.15, -0.1) is 0 Å². The third-order valence-electron chi connectivity index (χ3n) is 3.78. The van der Waals surface area contributed by atoms with Gasteiger partial charge in [0.05, 0.1) is 19.9 Å². The largest absolute Gasteiger partial charge is 0.379 e. The Bertz CT molecular complexity index is 689. The van der Waals surface area contributed by atoms with Gasteiger partial charge in [-0.05, 0) is 43.4 Å². The Kier molecular flexibility index (Phi) is 4.93. The van der Waals surface area contributed by atoms with Gasteiger partial charge in [-0.1, -0.05) is 11.6 Å². The van der Waals surface area contributed by atoms with E-state index < -0.39 is 0 Å². The molecule has 0 unspecified atom stereocenters. The molecule has 7 heteroatoms. The summed E-state index contributed by atoms with van der Waals surface area (Å²) in [7, 11) is 0. The first-order chi connectivity index (χ1) is 10.7. The van der Waals surface area contributed by atoms with Crippen molar-refractivity contribution in [2.75, 3.05) is 26.3 Å². The summed E-state index contributed by atoms with van der Waals surface area (Å²) in [5.41, 5.74) is 1.03. The Morgan fingerprint density at radius 2 is 1.91 bits per heavy atom. The molecule has 0 bridgehead atoms. The van der Waals surface area contributed by atoms with Crippen molar-refractivity contribution < 1.29 is 4.74 Å². The number of aromatic nitrogens is 3. The Labute approximate surface area is 140 Å². The van der Waals surface area contributed by atoms with E-state index in [9.17, 15) is 0 Å². The van der Waals surface area contributed by atoms with Crippen molar-refractivity contribution in [2.24, 2.45) is 0 Å². The molecule has 0 saturated carbocycles. The summed E-state index contributed by atoms with van der Waals surface area (Å²) >= 11 is 11.6. The molecule has 0 radical (unpaired) electrons. The molecule has 1 aliphatic heterocycles. The minimum absolute atomic E-state index is 0.704. The number of benzene rings is 1. The molecule has 0 atom stereocenters. The van der Waals surface area contributed by atoms with Crippen molar-refractivity contribution in [2.45, 2.75) is 20.1 Å². The summed E-state index contributed by atoms with van der Waals surface area (Å²) in [6.07, 6.45) is 0. The summed E-state index contributed by atoms with van der Waals surface area (Å²) in [4.78, 5) is 2.30. The van der Waals surface area contributed by atoms with Crippen LogP contribution in [0.15, 0.2) is 24.3 Å². The molecular weight excluding hydrogens is 320 g/mol. The molecule has 1 aliphatic rings. The molecule has 1 saturated heterocycles. The van der Waals surface area contributed by atoms with Crippen LogP contribution in [0.5, 0.6) is 0 Å². The molecule has 0 N–H and O–H groups in total. The third kappa shape index (κ3) is 3.25. The summed E-state index contributed by atoms with van der Waals surface area (Å²) in [6.45, 7) is 6.94. The van der Waals surface area contributed by atoms with Gasteiger partial charge < -0.3 is 9.30 Å². The first-order valence-corrected chi connectivity index (χ1v) is 8.21. The summed E-state index contributed by atoms with van der Waals surface area (Å²) in [5.74, 6) is 0.887. The van der Waals surface area contributed by atoms with E-state index in [0.717, 1.165) is 54.0 Å². The van der Waals surface area contributed by atoms with Crippen molar-refractivity contribution in [3.8, 4) is 11.4 Å². The lowest BCUT2D eigenvalue weighted by Gasteiger charge is -2.26. The number of hydrogen-bond donors (Lipinski definition) is 0. The molecule has 2 heterocycles. The molecule has 1 aromatic carbocycles. The van der Waals surface area contributed by atoms with Crippen molar-refractivity contribution in [1.29, 1.82) is 0 Å². The molecule has 0 spiro atoms. The molecule has 5 nitrogen and oxygen atoms in total. The quantitative estimate of drug-likeness (QED) is 0.803. The Morgan fingerprint density at radius 1 is 1.23 bits per heavy atom. The zero-order chi connectivity index (χ0) is 15.5. The fourth-order valence-electron chi connectivity index (χ4n) is 2.56. The van der Waals surface area contributed by atoms with Gasteiger partial charge >= 0.3 is 0 Å². The number of morpholine rings is 1. The van der Waals surface area contributed by atoms with Crippen LogP contribution in [0, 0.1) is 4.77 Å². The van der Waals surface area contributed by atoms with Crippen LogP contribution >= 0.6 is 23.8 Å². The topological polar surface area (TPSA) is 35.2 Å². The predicted molar refractivity (Wildman–Crippen MR) is 89.6 cm³/mol. The van der Waals surface area contributed by atoms with Gasteiger partial charge in [0.15, 0.2) is 10.6 Å². The number of hydrogen-bond acceptors (Lipinski definition) is 4. The van der Waals surface area contributed by atoms with Crippen LogP contribution in [0.2, 0.25) is 5.02 Å². The van der Waals surface area contributed by atoms with Crippen LogP contribution in [0.25, 0.3) is 11.4 Å². The fraction of sp³-hybridized carbons (Fsp3) is 0.467. The molecule has 0 amide bonds. The van der Waals surface area contributed by atoms with E-state index in [1.54, 1.807) is 0 Å². The van der Waals surface area contributed by atoms with Gasteiger partial charge in [-0.25, -0.2) is 4.68 Å². The second-order valence-corrected chi connectivity index (χ2v) is 6.03. The molecule has 1 fully saturated rings. The molecule has 0 aliphatic carbocycles. The van der Waals surface area contributed by atoms with Gasteiger partial charge in [0.25, 0.3) is 0 Å². The van der Waals surface area contributed by atoms with Crippen LogP contribution in [0.4, 0.5) is 0 Å². The summed E-state index contributed by atoms with van der Waals surface area (Å²) < 4.78 is 10.1. The molecule has 22 heavy (non-hydrogen) atoms. The van der Waals surface area contributed by atoms with Crippen LogP contribution in [0.1, 0.15) is 6.92 Å². The van der Waals surface area contributed by atoms with E-state index in [2.05, 4.69) is 16.4 Å². The second-order valence-electron chi connectivity index (χ2n) is 5.23. The first-order valence-electron chi connectivity index (χ1n) is 7.42. The van der Waals surface area contributed by atoms with Crippen LogP contribution in [-0.4, -0.2) is 45.6 Å². The lowest BCUT2D eigenvalue weighted by molar-refractivity contribution is 0.0209. The SMILES string of the molecule is CCn1c(-c2ccc(Cl)cc2)nn(CN2CCOCC2)c1=S. The van der Waals surface area contributed by atoms with Gasteiger partial charge in [0.1, 0.15) is 0 Å². The highest BCUT2D eigenvalue weighted by molar-refractivity contribution is 7.71. The first kappa shape index (κ1) is 15.7. The molecular formula is C15H19ClN4OS. The highest BCUT2D eigenvalue weighted by Gasteiger charge is 2.15. The highest BCUT2D eigenvalue weighted by Crippen LogP contribution is 2.21. The van der Waals surface area contributed by atoms with Crippen molar-refractivity contribution in [1.82, 2.24) is 19.2 Å². The maximum absolute atomic E-state index is 5.97. The second kappa shape index (κ2) is 6.91. The predicted octanol–water partition coefficient (Wildman–Crippen LogP) is 3.04. The van der Waals surface area contributed by atoms with E-state index in [1.807, 2.05) is 28.9 Å². The average molecular weight is 339 g/mol. The van der Waals surface area contributed by atoms with E-state index in [4.69, 9.17) is 33.7 Å². The number of nitrogens with zero attached hydrogens (tertiary/aromatic N) is 4.